The number of hydrogen-bond donors (Lipinski definition) is 0. The molecule has 0 saturated carbocycles. The molecule has 1 aromatic heterocycles. The molecule has 0 atom stereocenters. The second kappa shape index (κ2) is 7.80. The molecule has 0 spiro atoms. The van der Waals surface area contributed by atoms with Gasteiger partial charge in [-0.1, -0.05) is 22.9 Å². The number of rotatable bonds is 4. The van der Waals surface area contributed by atoms with E-state index in [1.165, 1.54) is 35.6 Å². The van der Waals surface area contributed by atoms with Crippen LogP contribution in [0.2, 0.25) is 5.02 Å². The van der Waals surface area contributed by atoms with E-state index in [4.69, 9.17) is 16.3 Å². The molecule has 0 aliphatic carbocycles. The van der Waals surface area contributed by atoms with Crippen LogP contribution in [0.4, 0.5) is 4.39 Å². The van der Waals surface area contributed by atoms with Crippen molar-refractivity contribution in [1.82, 2.24) is 4.57 Å². The van der Waals surface area contributed by atoms with Crippen LogP contribution in [0.15, 0.2) is 47.5 Å². The van der Waals surface area contributed by atoms with E-state index in [0.29, 0.717) is 9.82 Å². The maximum absolute atomic E-state index is 13.0. The first-order valence-electron chi connectivity index (χ1n) is 7.77. The molecule has 3 aromatic rings. The molecular weight excluding hydrogens is 379 g/mol. The molecule has 3 rings (SSSR count). The van der Waals surface area contributed by atoms with Crippen molar-refractivity contribution in [3.63, 3.8) is 0 Å². The minimum absolute atomic E-state index is 0.0784. The molecule has 26 heavy (non-hydrogen) atoms. The van der Waals surface area contributed by atoms with Crippen LogP contribution in [0.5, 0.6) is 0 Å². The molecule has 8 heteroatoms. The number of benzene rings is 2. The number of carbonyl (C=O) groups excluding carboxylic acids is 2. The largest absolute Gasteiger partial charge is 0.465 e. The second-order valence-corrected chi connectivity index (χ2v) is 6.76. The minimum atomic E-state index is -0.528. The molecule has 0 fully saturated rings. The first-order chi connectivity index (χ1) is 12.5. The van der Waals surface area contributed by atoms with Crippen LogP contribution in [-0.2, 0) is 16.1 Å². The molecule has 0 radical (unpaired) electrons. The number of hydrogen-bond acceptors (Lipinski definition) is 4. The minimum Gasteiger partial charge on any atom is -0.465 e. The quantitative estimate of drug-likeness (QED) is 0.634. The fourth-order valence-electron chi connectivity index (χ4n) is 2.36. The van der Waals surface area contributed by atoms with Crippen molar-refractivity contribution in [2.45, 2.75) is 13.5 Å². The lowest BCUT2D eigenvalue weighted by Gasteiger charge is -2.05. The molecule has 0 unspecified atom stereocenters. The van der Waals surface area contributed by atoms with Crippen molar-refractivity contribution in [1.29, 1.82) is 0 Å². The first-order valence-corrected chi connectivity index (χ1v) is 8.96. The van der Waals surface area contributed by atoms with Gasteiger partial charge in [0.15, 0.2) is 4.80 Å². The highest BCUT2D eigenvalue weighted by molar-refractivity contribution is 7.16. The number of fused-ring (bicyclic) bond motifs is 1. The zero-order valence-corrected chi connectivity index (χ0v) is 15.3. The number of halogens is 2. The van der Waals surface area contributed by atoms with Gasteiger partial charge in [0.1, 0.15) is 12.4 Å². The van der Waals surface area contributed by atoms with Gasteiger partial charge in [-0.3, -0.25) is 9.59 Å². The molecule has 0 saturated heterocycles. The third kappa shape index (κ3) is 4.00. The fraction of sp³-hybridized carbons (Fsp3) is 0.167. The summed E-state index contributed by atoms with van der Waals surface area (Å²) in [5.74, 6) is -1.39. The van der Waals surface area contributed by atoms with Gasteiger partial charge in [0, 0.05) is 10.6 Å². The van der Waals surface area contributed by atoms with Gasteiger partial charge in [0.2, 0.25) is 0 Å². The van der Waals surface area contributed by atoms with Crippen molar-refractivity contribution in [2.75, 3.05) is 6.61 Å². The normalized spacial score (nSPS) is 11.7. The summed E-state index contributed by atoms with van der Waals surface area (Å²) in [7, 11) is 0. The predicted octanol–water partition coefficient (Wildman–Crippen LogP) is 3.80. The summed E-state index contributed by atoms with van der Waals surface area (Å²) in [6.45, 7) is 1.90. The summed E-state index contributed by atoms with van der Waals surface area (Å²) < 4.78 is 20.4. The summed E-state index contributed by atoms with van der Waals surface area (Å²) in [6, 6.07) is 10.3. The van der Waals surface area contributed by atoms with Gasteiger partial charge >= 0.3 is 5.97 Å². The van der Waals surface area contributed by atoms with Crippen LogP contribution >= 0.6 is 22.9 Å². The highest BCUT2D eigenvalue weighted by Crippen LogP contribution is 2.22. The topological polar surface area (TPSA) is 60.7 Å². The average molecular weight is 393 g/mol. The number of ether oxygens (including phenoxy) is 1. The Kier molecular flexibility index (Phi) is 5.49. The van der Waals surface area contributed by atoms with Crippen molar-refractivity contribution in [3.8, 4) is 0 Å². The van der Waals surface area contributed by atoms with E-state index in [1.807, 2.05) is 0 Å². The van der Waals surface area contributed by atoms with Gasteiger partial charge in [-0.05, 0) is 49.4 Å². The second-order valence-electron chi connectivity index (χ2n) is 5.31. The smallest absolute Gasteiger partial charge is 0.326 e. The molecule has 2 aromatic carbocycles. The van der Waals surface area contributed by atoms with Crippen molar-refractivity contribution < 1.29 is 18.7 Å². The molecule has 5 nitrogen and oxygen atoms in total. The van der Waals surface area contributed by atoms with Crippen LogP contribution in [-0.4, -0.2) is 23.1 Å². The summed E-state index contributed by atoms with van der Waals surface area (Å²) in [6.07, 6.45) is 0. The zero-order valence-electron chi connectivity index (χ0n) is 13.7. The molecule has 0 N–H and O–H groups in total. The van der Waals surface area contributed by atoms with Crippen LogP contribution in [0.3, 0.4) is 0 Å². The summed E-state index contributed by atoms with van der Waals surface area (Å²) in [5, 5.41) is 0.540. The number of nitrogens with zero attached hydrogens (tertiary/aromatic N) is 2. The SMILES string of the molecule is CCOC(=O)Cn1c(=NC(=O)c2ccc(F)cc2)sc2cc(Cl)ccc21. The highest BCUT2D eigenvalue weighted by Gasteiger charge is 2.13. The van der Waals surface area contributed by atoms with E-state index >= 15 is 0 Å². The molecule has 134 valence electrons. The molecular formula is C18H14ClFN2O3S. The zero-order chi connectivity index (χ0) is 18.7. The van der Waals surface area contributed by atoms with Gasteiger partial charge in [-0.2, -0.15) is 4.99 Å². The standard InChI is InChI=1S/C18H14ClFN2O3S/c1-2-25-16(23)10-22-14-8-5-12(19)9-15(14)26-18(22)21-17(24)11-3-6-13(20)7-4-11/h3-9H,2,10H2,1H3. The molecule has 1 heterocycles. The Hall–Kier alpha value is -2.51. The van der Waals surface area contributed by atoms with Gasteiger partial charge in [0.25, 0.3) is 5.91 Å². The van der Waals surface area contributed by atoms with Crippen molar-refractivity contribution >= 4 is 45.0 Å². The van der Waals surface area contributed by atoms with E-state index in [-0.39, 0.29) is 18.7 Å². The monoisotopic (exact) mass is 392 g/mol. The predicted molar refractivity (Wildman–Crippen MR) is 97.8 cm³/mol. The third-order valence-electron chi connectivity index (χ3n) is 3.53. The Balaban J connectivity index is 2.09. The van der Waals surface area contributed by atoms with E-state index < -0.39 is 17.7 Å². The van der Waals surface area contributed by atoms with Crippen molar-refractivity contribution in [2.24, 2.45) is 4.99 Å². The number of thiazole rings is 1. The van der Waals surface area contributed by atoms with Crippen LogP contribution < -0.4 is 4.80 Å². The molecule has 0 bridgehead atoms. The van der Waals surface area contributed by atoms with Crippen LogP contribution in [0.25, 0.3) is 10.2 Å². The van der Waals surface area contributed by atoms with Gasteiger partial charge < -0.3 is 9.30 Å². The van der Waals surface area contributed by atoms with Gasteiger partial charge in [-0.15, -0.1) is 0 Å². The summed E-state index contributed by atoms with van der Waals surface area (Å²) in [4.78, 5) is 28.8. The summed E-state index contributed by atoms with van der Waals surface area (Å²) in [5.41, 5.74) is 0.975. The van der Waals surface area contributed by atoms with E-state index in [0.717, 1.165) is 10.2 Å². The molecule has 1 amide bonds. The van der Waals surface area contributed by atoms with E-state index in [2.05, 4.69) is 4.99 Å². The maximum atomic E-state index is 13.0. The summed E-state index contributed by atoms with van der Waals surface area (Å²) >= 11 is 7.26. The van der Waals surface area contributed by atoms with Gasteiger partial charge in [0.05, 0.1) is 16.8 Å². The Morgan fingerprint density at radius 2 is 1.96 bits per heavy atom. The Morgan fingerprint density at radius 1 is 1.23 bits per heavy atom. The number of aromatic nitrogens is 1. The Morgan fingerprint density at radius 3 is 2.65 bits per heavy atom. The lowest BCUT2D eigenvalue weighted by atomic mass is 10.2. The first kappa shape index (κ1) is 18.3. The Labute approximate surface area is 157 Å². The van der Waals surface area contributed by atoms with Gasteiger partial charge in [-0.25, -0.2) is 4.39 Å². The third-order valence-corrected chi connectivity index (χ3v) is 4.80. The number of carbonyl (C=O) groups is 2. The molecule has 0 aliphatic rings. The van der Waals surface area contributed by atoms with Crippen molar-refractivity contribution in [3.05, 3.63) is 63.7 Å². The lowest BCUT2D eigenvalue weighted by Crippen LogP contribution is -2.23. The lowest BCUT2D eigenvalue weighted by molar-refractivity contribution is -0.143. The number of amides is 1. The molecule has 0 aliphatic heterocycles. The highest BCUT2D eigenvalue weighted by atomic mass is 35.5. The van der Waals surface area contributed by atoms with E-state index in [1.54, 1.807) is 29.7 Å². The maximum Gasteiger partial charge on any atom is 0.326 e. The van der Waals surface area contributed by atoms with Crippen LogP contribution in [0, 0.1) is 5.82 Å². The Bertz CT molecular complexity index is 1040. The average Bonchev–Trinajstić information content (AvgIpc) is 2.92. The fourth-order valence-corrected chi connectivity index (χ4v) is 3.67. The van der Waals surface area contributed by atoms with Crippen LogP contribution in [0.1, 0.15) is 17.3 Å². The van der Waals surface area contributed by atoms with E-state index in [9.17, 15) is 14.0 Å². The number of esters is 1.